The van der Waals surface area contributed by atoms with Crippen LogP contribution in [0, 0.1) is 0 Å². The van der Waals surface area contributed by atoms with Gasteiger partial charge in [0.25, 0.3) is 0 Å². The summed E-state index contributed by atoms with van der Waals surface area (Å²) in [4.78, 5) is 2.26. The normalized spacial score (nSPS) is 10.7. The summed E-state index contributed by atoms with van der Waals surface area (Å²) in [6.45, 7) is 0.605. The number of rotatable bonds is 5. The van der Waals surface area contributed by atoms with E-state index in [0.29, 0.717) is 6.54 Å². The molecule has 128 valence electrons. The molecule has 3 aromatic rings. The highest BCUT2D eigenvalue weighted by Gasteiger charge is 2.08. The van der Waals surface area contributed by atoms with Crippen molar-refractivity contribution in [1.82, 2.24) is 0 Å². The zero-order chi connectivity index (χ0) is 17.8. The highest BCUT2D eigenvalue weighted by molar-refractivity contribution is 7.99. The Kier molecular flexibility index (Phi) is 6.02. The van der Waals surface area contributed by atoms with Crippen molar-refractivity contribution in [2.45, 2.75) is 16.3 Å². The minimum Gasteiger partial charge on any atom is -0.505 e. The smallest absolute Gasteiger partial charge is 0.152 e. The highest BCUT2D eigenvalue weighted by Crippen LogP contribution is 2.35. The minimum absolute atomic E-state index is 0.104. The largest absolute Gasteiger partial charge is 0.505 e. The summed E-state index contributed by atoms with van der Waals surface area (Å²) in [5, 5.41) is 14.1. The number of hydrogen-bond acceptors (Lipinski definition) is 3. The first-order valence-corrected chi connectivity index (χ1v) is 9.41. The van der Waals surface area contributed by atoms with Crippen LogP contribution in [0.4, 0.5) is 5.69 Å². The van der Waals surface area contributed by atoms with Gasteiger partial charge in [-0.05, 0) is 48.0 Å². The van der Waals surface area contributed by atoms with Crippen molar-refractivity contribution in [3.8, 4) is 5.75 Å². The Morgan fingerprint density at radius 3 is 2.20 bits per heavy atom. The quantitative estimate of drug-likeness (QED) is 0.439. The van der Waals surface area contributed by atoms with E-state index in [4.69, 9.17) is 34.8 Å². The summed E-state index contributed by atoms with van der Waals surface area (Å²) < 4.78 is 0. The van der Waals surface area contributed by atoms with Crippen LogP contribution in [0.5, 0.6) is 5.75 Å². The molecule has 0 spiro atoms. The third-order valence-corrected chi connectivity index (χ3v) is 5.47. The molecule has 0 atom stereocenters. The molecular weight excluding hydrogens is 397 g/mol. The molecule has 0 aliphatic rings. The van der Waals surface area contributed by atoms with Crippen LogP contribution in [0.1, 0.15) is 5.56 Å². The van der Waals surface area contributed by atoms with Gasteiger partial charge in [0, 0.05) is 27.0 Å². The summed E-state index contributed by atoms with van der Waals surface area (Å²) in [7, 11) is 0. The first kappa shape index (κ1) is 18.3. The van der Waals surface area contributed by atoms with Crippen LogP contribution >= 0.6 is 46.6 Å². The third-order valence-electron chi connectivity index (χ3n) is 3.51. The van der Waals surface area contributed by atoms with Crippen LogP contribution in [-0.2, 0) is 6.54 Å². The van der Waals surface area contributed by atoms with Crippen molar-refractivity contribution in [2.24, 2.45) is 0 Å². The molecule has 0 heterocycles. The number of aromatic hydroxyl groups is 1. The van der Waals surface area contributed by atoms with E-state index in [-0.39, 0.29) is 15.8 Å². The zero-order valence-electron chi connectivity index (χ0n) is 13.0. The molecule has 6 heteroatoms. The van der Waals surface area contributed by atoms with E-state index in [1.54, 1.807) is 23.9 Å². The van der Waals surface area contributed by atoms with Gasteiger partial charge in [0.05, 0.1) is 10.0 Å². The molecular formula is C19H14Cl3NOS. The van der Waals surface area contributed by atoms with Crippen LogP contribution < -0.4 is 5.32 Å². The number of hydrogen-bond donors (Lipinski definition) is 2. The van der Waals surface area contributed by atoms with E-state index < -0.39 is 0 Å². The van der Waals surface area contributed by atoms with E-state index in [2.05, 4.69) is 17.4 Å². The van der Waals surface area contributed by atoms with Crippen molar-refractivity contribution >= 4 is 52.3 Å². The Hall–Kier alpha value is -1.52. The van der Waals surface area contributed by atoms with Gasteiger partial charge in [0.1, 0.15) is 0 Å². The van der Waals surface area contributed by atoms with Gasteiger partial charge in [0.15, 0.2) is 5.75 Å². The Balaban J connectivity index is 1.76. The molecule has 2 N–H and O–H groups in total. The average molecular weight is 411 g/mol. The van der Waals surface area contributed by atoms with Crippen LogP contribution in [-0.4, -0.2) is 5.11 Å². The van der Waals surface area contributed by atoms with Crippen LogP contribution in [0.15, 0.2) is 70.5 Å². The number of benzene rings is 3. The Morgan fingerprint density at radius 1 is 0.880 bits per heavy atom. The van der Waals surface area contributed by atoms with Crippen LogP contribution in [0.3, 0.4) is 0 Å². The molecule has 2 nitrogen and oxygen atoms in total. The van der Waals surface area contributed by atoms with Gasteiger partial charge in [0.2, 0.25) is 0 Å². The summed E-state index contributed by atoms with van der Waals surface area (Å²) >= 11 is 19.5. The van der Waals surface area contributed by atoms with Gasteiger partial charge in [-0.15, -0.1) is 0 Å². The predicted molar refractivity (Wildman–Crippen MR) is 107 cm³/mol. The van der Waals surface area contributed by atoms with Crippen molar-refractivity contribution in [1.29, 1.82) is 0 Å². The molecule has 0 saturated carbocycles. The van der Waals surface area contributed by atoms with Gasteiger partial charge < -0.3 is 10.4 Å². The monoisotopic (exact) mass is 409 g/mol. The Bertz CT molecular complexity index is 861. The number of phenols is 1. The fourth-order valence-corrected chi connectivity index (χ4v) is 3.80. The van der Waals surface area contributed by atoms with Crippen molar-refractivity contribution < 1.29 is 5.11 Å². The number of nitrogens with one attached hydrogen (secondary N) is 1. The lowest BCUT2D eigenvalue weighted by Crippen LogP contribution is -2.01. The predicted octanol–water partition coefficient (Wildman–Crippen LogP) is 7.12. The lowest BCUT2D eigenvalue weighted by molar-refractivity contribution is 0.476. The second-order valence-corrected chi connectivity index (χ2v) is 7.67. The van der Waals surface area contributed by atoms with Gasteiger partial charge in [-0.3, -0.25) is 0 Å². The van der Waals surface area contributed by atoms with Crippen LogP contribution in [0.25, 0.3) is 0 Å². The molecule has 0 fully saturated rings. The molecule has 3 rings (SSSR count). The fraction of sp³-hybridized carbons (Fsp3) is 0.0526. The summed E-state index contributed by atoms with van der Waals surface area (Å²) in [5.41, 5.74) is 1.89. The van der Waals surface area contributed by atoms with Crippen molar-refractivity contribution in [3.63, 3.8) is 0 Å². The summed E-state index contributed by atoms with van der Waals surface area (Å²) in [6, 6.07) is 19.2. The van der Waals surface area contributed by atoms with Gasteiger partial charge in [-0.2, -0.15) is 0 Å². The van der Waals surface area contributed by atoms with Crippen molar-refractivity contribution in [3.05, 3.63) is 81.3 Å². The van der Waals surface area contributed by atoms with E-state index in [1.165, 1.54) is 0 Å². The maximum atomic E-state index is 9.64. The van der Waals surface area contributed by atoms with Crippen LogP contribution in [0.2, 0.25) is 15.1 Å². The molecule has 0 aliphatic carbocycles. The minimum atomic E-state index is -0.104. The fourth-order valence-electron chi connectivity index (χ4n) is 2.24. The molecule has 0 aliphatic heterocycles. The Morgan fingerprint density at radius 2 is 1.52 bits per heavy atom. The van der Waals surface area contributed by atoms with Gasteiger partial charge >= 0.3 is 0 Å². The molecule has 0 radical (unpaired) electrons. The lowest BCUT2D eigenvalue weighted by Gasteiger charge is -2.12. The standard InChI is InChI=1S/C19H14Cl3NOS/c20-13-5-7-15(8-6-13)25-18-4-2-1-3-12(18)11-23-14-9-16(21)19(24)17(22)10-14/h1-10,23-24H,11H2. The second-order valence-electron chi connectivity index (χ2n) is 5.31. The summed E-state index contributed by atoms with van der Waals surface area (Å²) in [6.07, 6.45) is 0. The SMILES string of the molecule is Oc1c(Cl)cc(NCc2ccccc2Sc2ccc(Cl)cc2)cc1Cl. The molecule has 3 aromatic carbocycles. The topological polar surface area (TPSA) is 32.3 Å². The van der Waals surface area contributed by atoms with E-state index in [0.717, 1.165) is 26.1 Å². The van der Waals surface area contributed by atoms with E-state index in [1.807, 2.05) is 36.4 Å². The maximum absolute atomic E-state index is 9.64. The number of phenolic OH excluding ortho intramolecular Hbond substituents is 1. The lowest BCUT2D eigenvalue weighted by atomic mass is 10.2. The third kappa shape index (κ3) is 4.77. The number of anilines is 1. The first-order valence-electron chi connectivity index (χ1n) is 7.46. The van der Waals surface area contributed by atoms with Gasteiger partial charge in [-0.25, -0.2) is 0 Å². The molecule has 0 unspecified atom stereocenters. The van der Waals surface area contributed by atoms with Crippen molar-refractivity contribution in [2.75, 3.05) is 5.32 Å². The first-order chi connectivity index (χ1) is 12.0. The molecule has 0 aromatic heterocycles. The molecule has 0 saturated heterocycles. The second kappa shape index (κ2) is 8.24. The molecule has 0 amide bonds. The number of halogens is 3. The van der Waals surface area contributed by atoms with E-state index in [9.17, 15) is 5.11 Å². The molecule has 25 heavy (non-hydrogen) atoms. The average Bonchev–Trinajstić information content (AvgIpc) is 2.61. The van der Waals surface area contributed by atoms with Gasteiger partial charge in [-0.1, -0.05) is 64.8 Å². The Labute approximate surface area is 165 Å². The maximum Gasteiger partial charge on any atom is 0.152 e. The highest BCUT2D eigenvalue weighted by atomic mass is 35.5. The zero-order valence-corrected chi connectivity index (χ0v) is 16.1. The van der Waals surface area contributed by atoms with E-state index >= 15 is 0 Å². The summed E-state index contributed by atoms with van der Waals surface area (Å²) in [5.74, 6) is -0.104. The molecule has 0 bridgehead atoms.